The van der Waals surface area contributed by atoms with E-state index in [1.165, 1.54) is 6.42 Å². The van der Waals surface area contributed by atoms with Crippen LogP contribution in [0.2, 0.25) is 0 Å². The lowest BCUT2D eigenvalue weighted by atomic mass is 9.94. The van der Waals surface area contributed by atoms with Crippen LogP contribution < -0.4 is 0 Å². The van der Waals surface area contributed by atoms with E-state index < -0.39 is 0 Å². The van der Waals surface area contributed by atoms with Gasteiger partial charge in [0, 0.05) is 44.6 Å². The van der Waals surface area contributed by atoms with E-state index in [4.69, 9.17) is 0 Å². The molecule has 6 heterocycles. The third-order valence-corrected chi connectivity index (χ3v) is 5.60. The van der Waals surface area contributed by atoms with Crippen molar-refractivity contribution in [3.8, 4) is 0 Å². The number of amides is 1. The van der Waals surface area contributed by atoms with Crippen molar-refractivity contribution in [3.05, 3.63) is 54.0 Å². The van der Waals surface area contributed by atoms with E-state index in [2.05, 4.69) is 36.4 Å². The predicted molar refractivity (Wildman–Crippen MR) is 97.8 cm³/mol. The van der Waals surface area contributed by atoms with Crippen LogP contribution in [0.3, 0.4) is 0 Å². The molecule has 0 radical (unpaired) electrons. The second kappa shape index (κ2) is 6.70. The fourth-order valence-electron chi connectivity index (χ4n) is 4.31. The average Bonchev–Trinajstić information content (AvgIpc) is 3.00. The molecule has 3 saturated heterocycles. The summed E-state index contributed by atoms with van der Waals surface area (Å²) in [6.45, 7) is 3.57. The fraction of sp³-hybridized carbons (Fsp3) is 0.421. The SMILES string of the molecule is O=C(c1ccc2nnnn2c1)N1C[C@H]2CC[C@@H]1CN(Cc1ccccn1)C2. The Bertz CT molecular complexity index is 957. The smallest absolute Gasteiger partial charge is 0.255 e. The number of nitrogens with zero attached hydrogens (tertiary/aromatic N) is 7. The van der Waals surface area contributed by atoms with Gasteiger partial charge in [-0.3, -0.25) is 14.7 Å². The lowest BCUT2D eigenvalue weighted by Gasteiger charge is -2.36. The van der Waals surface area contributed by atoms with Gasteiger partial charge in [0.25, 0.3) is 5.91 Å². The number of carbonyl (C=O) groups excluding carboxylic acids is 1. The Kier molecular flexibility index (Phi) is 4.05. The van der Waals surface area contributed by atoms with Gasteiger partial charge in [-0.25, -0.2) is 0 Å². The lowest BCUT2D eigenvalue weighted by molar-refractivity contribution is 0.0584. The Morgan fingerprint density at radius 3 is 2.96 bits per heavy atom. The number of carbonyl (C=O) groups is 1. The van der Waals surface area contributed by atoms with E-state index in [0.29, 0.717) is 17.1 Å². The third kappa shape index (κ3) is 3.16. The molecule has 1 amide bonds. The Balaban J connectivity index is 1.35. The lowest BCUT2D eigenvalue weighted by Crippen LogP contribution is -2.47. The van der Waals surface area contributed by atoms with Crippen LogP contribution in [0, 0.1) is 5.92 Å². The first kappa shape index (κ1) is 16.3. The van der Waals surface area contributed by atoms with Crippen LogP contribution >= 0.6 is 0 Å². The molecule has 0 unspecified atom stereocenters. The van der Waals surface area contributed by atoms with Crippen molar-refractivity contribution in [2.24, 2.45) is 5.92 Å². The Hall–Kier alpha value is -2.87. The highest BCUT2D eigenvalue weighted by Crippen LogP contribution is 2.29. The standard InChI is InChI=1S/C19H21N7O/c27-19(15-5-7-18-21-22-23-26(18)11-15)25-10-14-4-6-17(25)13-24(9-14)12-16-3-1-2-8-20-16/h1-3,5,7-8,11,14,17H,4,6,9-10,12-13H2/t14-,17+/m0/s1. The van der Waals surface area contributed by atoms with Gasteiger partial charge in [-0.1, -0.05) is 6.07 Å². The first-order valence-electron chi connectivity index (χ1n) is 9.37. The molecule has 6 rings (SSSR count). The predicted octanol–water partition coefficient (Wildman–Crippen LogP) is 1.26. The normalized spacial score (nSPS) is 22.9. The highest BCUT2D eigenvalue weighted by atomic mass is 16.2. The summed E-state index contributed by atoms with van der Waals surface area (Å²) >= 11 is 0. The van der Waals surface area contributed by atoms with E-state index >= 15 is 0 Å². The third-order valence-electron chi connectivity index (χ3n) is 5.60. The zero-order valence-electron chi connectivity index (χ0n) is 15.0. The summed E-state index contributed by atoms with van der Waals surface area (Å²) in [6.07, 6.45) is 5.80. The van der Waals surface area contributed by atoms with Crippen molar-refractivity contribution in [2.75, 3.05) is 19.6 Å². The van der Waals surface area contributed by atoms with E-state index in [1.807, 2.05) is 24.4 Å². The summed E-state index contributed by atoms with van der Waals surface area (Å²) in [5, 5.41) is 11.4. The molecule has 3 aliphatic rings. The van der Waals surface area contributed by atoms with E-state index in [9.17, 15) is 4.79 Å². The van der Waals surface area contributed by atoms with Gasteiger partial charge in [0.15, 0.2) is 5.65 Å². The molecule has 2 atom stereocenters. The summed E-state index contributed by atoms with van der Waals surface area (Å²) in [4.78, 5) is 22.1. The highest BCUT2D eigenvalue weighted by molar-refractivity contribution is 5.94. The van der Waals surface area contributed by atoms with Crippen LogP contribution in [0.4, 0.5) is 0 Å². The van der Waals surface area contributed by atoms with Gasteiger partial charge in [-0.15, -0.1) is 5.10 Å². The molecule has 3 aliphatic heterocycles. The van der Waals surface area contributed by atoms with Gasteiger partial charge >= 0.3 is 0 Å². The Morgan fingerprint density at radius 1 is 1.11 bits per heavy atom. The molecule has 0 aromatic carbocycles. The van der Waals surface area contributed by atoms with Crippen LogP contribution in [0.25, 0.3) is 5.65 Å². The van der Waals surface area contributed by atoms with Gasteiger partial charge < -0.3 is 4.90 Å². The molecular weight excluding hydrogens is 342 g/mol. The van der Waals surface area contributed by atoms with E-state index in [1.54, 1.807) is 16.8 Å². The molecule has 3 aromatic heterocycles. The van der Waals surface area contributed by atoms with E-state index in [0.717, 1.165) is 38.3 Å². The number of pyridine rings is 2. The van der Waals surface area contributed by atoms with Gasteiger partial charge in [0.1, 0.15) is 0 Å². The van der Waals surface area contributed by atoms with E-state index in [-0.39, 0.29) is 11.9 Å². The van der Waals surface area contributed by atoms with Gasteiger partial charge in [0.05, 0.1) is 11.3 Å². The summed E-state index contributed by atoms with van der Waals surface area (Å²) in [5.74, 6) is 0.579. The summed E-state index contributed by atoms with van der Waals surface area (Å²) in [5.41, 5.74) is 2.37. The molecule has 0 aliphatic carbocycles. The first-order valence-corrected chi connectivity index (χ1v) is 9.37. The van der Waals surface area contributed by atoms with Gasteiger partial charge in [-0.05, 0) is 53.5 Å². The zero-order chi connectivity index (χ0) is 18.2. The van der Waals surface area contributed by atoms with Crippen molar-refractivity contribution in [1.82, 2.24) is 34.8 Å². The second-order valence-electron chi connectivity index (χ2n) is 7.47. The van der Waals surface area contributed by atoms with Gasteiger partial charge in [0.2, 0.25) is 0 Å². The van der Waals surface area contributed by atoms with Crippen molar-refractivity contribution in [3.63, 3.8) is 0 Å². The Labute approximate surface area is 156 Å². The average molecular weight is 363 g/mol. The molecule has 138 valence electrons. The molecule has 3 fully saturated rings. The number of aromatic nitrogens is 5. The largest absolute Gasteiger partial charge is 0.334 e. The van der Waals surface area contributed by atoms with Crippen molar-refractivity contribution in [2.45, 2.75) is 25.4 Å². The van der Waals surface area contributed by atoms with Crippen LogP contribution in [0.1, 0.15) is 28.9 Å². The molecule has 2 bridgehead atoms. The number of hydrogen-bond donors (Lipinski definition) is 0. The molecule has 0 spiro atoms. The molecule has 0 saturated carbocycles. The topological polar surface area (TPSA) is 79.5 Å². The van der Waals surface area contributed by atoms with Crippen LogP contribution in [0.15, 0.2) is 42.7 Å². The number of piperidine rings is 1. The first-order chi connectivity index (χ1) is 13.3. The highest BCUT2D eigenvalue weighted by Gasteiger charge is 2.37. The maximum absolute atomic E-state index is 13.2. The Morgan fingerprint density at radius 2 is 2.07 bits per heavy atom. The number of tetrazole rings is 1. The molecular formula is C19H21N7O. The maximum Gasteiger partial charge on any atom is 0.255 e. The van der Waals surface area contributed by atoms with Crippen LogP contribution in [0.5, 0.6) is 0 Å². The monoisotopic (exact) mass is 363 g/mol. The quantitative estimate of drug-likeness (QED) is 0.697. The maximum atomic E-state index is 13.2. The molecule has 27 heavy (non-hydrogen) atoms. The molecule has 8 heteroatoms. The van der Waals surface area contributed by atoms with Crippen molar-refractivity contribution >= 4 is 11.6 Å². The van der Waals surface area contributed by atoms with Crippen molar-refractivity contribution < 1.29 is 4.79 Å². The molecule has 8 nitrogen and oxygen atoms in total. The minimum Gasteiger partial charge on any atom is -0.334 e. The fourth-order valence-corrected chi connectivity index (χ4v) is 4.31. The van der Waals surface area contributed by atoms with Crippen LogP contribution in [-0.4, -0.2) is 66.4 Å². The zero-order valence-corrected chi connectivity index (χ0v) is 15.0. The number of hydrogen-bond acceptors (Lipinski definition) is 6. The number of rotatable bonds is 3. The number of fused-ring (bicyclic) bond motifs is 5. The van der Waals surface area contributed by atoms with Crippen molar-refractivity contribution in [1.29, 1.82) is 0 Å². The minimum absolute atomic E-state index is 0.0711. The molecule has 0 N–H and O–H groups in total. The summed E-state index contributed by atoms with van der Waals surface area (Å²) in [7, 11) is 0. The summed E-state index contributed by atoms with van der Waals surface area (Å²) < 4.78 is 1.55. The minimum atomic E-state index is 0.0711. The van der Waals surface area contributed by atoms with Crippen LogP contribution in [-0.2, 0) is 6.54 Å². The summed E-state index contributed by atoms with van der Waals surface area (Å²) in [6, 6.07) is 9.88. The second-order valence-corrected chi connectivity index (χ2v) is 7.47. The molecule has 3 aromatic rings. The van der Waals surface area contributed by atoms with Gasteiger partial charge in [-0.2, -0.15) is 4.52 Å².